The highest BCUT2D eigenvalue weighted by Gasteiger charge is 2.02. The highest BCUT2D eigenvalue weighted by Crippen LogP contribution is 2.27. The maximum absolute atomic E-state index is 10.7. The van der Waals surface area contributed by atoms with Gasteiger partial charge in [0.2, 0.25) is 5.91 Å². The van der Waals surface area contributed by atoms with Gasteiger partial charge in [-0.15, -0.1) is 0 Å². The molecule has 1 amide bonds. The van der Waals surface area contributed by atoms with Crippen LogP contribution in [0.15, 0.2) is 22.7 Å². The van der Waals surface area contributed by atoms with Crippen molar-refractivity contribution in [3.63, 3.8) is 0 Å². The molecular formula is C8H9BrN2O. The Hall–Kier alpha value is -1.03. The maximum Gasteiger partial charge on any atom is 0.221 e. The van der Waals surface area contributed by atoms with E-state index in [-0.39, 0.29) is 5.91 Å². The van der Waals surface area contributed by atoms with Gasteiger partial charge in [0.25, 0.3) is 0 Å². The third-order valence-electron chi connectivity index (χ3n) is 1.34. The number of nitrogens with two attached hydrogens (primary N) is 1. The molecular weight excluding hydrogens is 220 g/mol. The van der Waals surface area contributed by atoms with Crippen LogP contribution in [-0.4, -0.2) is 5.91 Å². The van der Waals surface area contributed by atoms with E-state index in [9.17, 15) is 4.79 Å². The summed E-state index contributed by atoms with van der Waals surface area (Å²) in [5.74, 6) is -0.110. The van der Waals surface area contributed by atoms with Crippen molar-refractivity contribution in [2.45, 2.75) is 6.92 Å². The van der Waals surface area contributed by atoms with Crippen LogP contribution in [0.5, 0.6) is 0 Å². The zero-order chi connectivity index (χ0) is 9.14. The number of hydrogen-bond acceptors (Lipinski definition) is 2. The maximum atomic E-state index is 10.7. The second-order valence-corrected chi connectivity index (χ2v) is 3.18. The average Bonchev–Trinajstić information content (AvgIpc) is 1.98. The van der Waals surface area contributed by atoms with Gasteiger partial charge in [-0.1, -0.05) is 6.07 Å². The van der Waals surface area contributed by atoms with Gasteiger partial charge in [-0.3, -0.25) is 4.79 Å². The Bertz CT molecular complexity index is 312. The molecule has 0 radical (unpaired) electrons. The van der Waals surface area contributed by atoms with Crippen LogP contribution in [-0.2, 0) is 4.79 Å². The summed E-state index contributed by atoms with van der Waals surface area (Å²) in [7, 11) is 0. The molecule has 0 saturated carbocycles. The molecule has 0 aliphatic heterocycles. The number of carbonyl (C=O) groups is 1. The van der Waals surface area contributed by atoms with Crippen molar-refractivity contribution in [1.82, 2.24) is 0 Å². The van der Waals surface area contributed by atoms with Gasteiger partial charge in [0.15, 0.2) is 0 Å². The number of rotatable bonds is 1. The molecule has 3 nitrogen and oxygen atoms in total. The number of hydrogen-bond donors (Lipinski definition) is 2. The highest BCUT2D eigenvalue weighted by molar-refractivity contribution is 9.10. The van der Waals surface area contributed by atoms with Gasteiger partial charge >= 0.3 is 0 Å². The van der Waals surface area contributed by atoms with Gasteiger partial charge in [-0.05, 0) is 28.1 Å². The van der Waals surface area contributed by atoms with Crippen molar-refractivity contribution in [2.75, 3.05) is 11.1 Å². The normalized spacial score (nSPS) is 9.50. The van der Waals surface area contributed by atoms with E-state index in [1.54, 1.807) is 18.2 Å². The number of halogens is 1. The minimum Gasteiger partial charge on any atom is -0.398 e. The first-order valence-corrected chi connectivity index (χ1v) is 4.22. The molecule has 0 spiro atoms. The Balaban J connectivity index is 3.00. The van der Waals surface area contributed by atoms with Crippen LogP contribution in [0, 0.1) is 0 Å². The summed E-state index contributed by atoms with van der Waals surface area (Å²) in [4.78, 5) is 10.7. The number of benzene rings is 1. The van der Waals surface area contributed by atoms with Crippen LogP contribution in [0.2, 0.25) is 0 Å². The van der Waals surface area contributed by atoms with Gasteiger partial charge in [-0.2, -0.15) is 0 Å². The monoisotopic (exact) mass is 228 g/mol. The van der Waals surface area contributed by atoms with Crippen molar-refractivity contribution in [1.29, 1.82) is 0 Å². The summed E-state index contributed by atoms with van der Waals surface area (Å²) in [6, 6.07) is 5.32. The fourth-order valence-corrected chi connectivity index (χ4v) is 1.20. The smallest absolute Gasteiger partial charge is 0.221 e. The van der Waals surface area contributed by atoms with Crippen molar-refractivity contribution in [3.05, 3.63) is 22.7 Å². The van der Waals surface area contributed by atoms with E-state index in [1.165, 1.54) is 6.92 Å². The van der Waals surface area contributed by atoms with Crippen molar-refractivity contribution < 1.29 is 4.79 Å². The molecule has 3 N–H and O–H groups in total. The quantitative estimate of drug-likeness (QED) is 0.723. The Morgan fingerprint density at radius 2 is 2.25 bits per heavy atom. The minimum absolute atomic E-state index is 0.110. The van der Waals surface area contributed by atoms with E-state index in [0.717, 1.165) is 4.47 Å². The van der Waals surface area contributed by atoms with Crippen molar-refractivity contribution in [2.24, 2.45) is 0 Å². The van der Waals surface area contributed by atoms with E-state index in [2.05, 4.69) is 21.2 Å². The van der Waals surface area contributed by atoms with Crippen molar-refractivity contribution in [3.8, 4) is 0 Å². The van der Waals surface area contributed by atoms with Crippen LogP contribution in [0.4, 0.5) is 11.4 Å². The standard InChI is InChI=1S/C8H9BrN2O/c1-5(12)11-7-4-2-3-6(10)8(7)9/h2-4H,10H2,1H3,(H,11,12). The molecule has 0 aliphatic carbocycles. The predicted octanol–water partition coefficient (Wildman–Crippen LogP) is 1.99. The van der Waals surface area contributed by atoms with E-state index in [0.29, 0.717) is 11.4 Å². The first kappa shape index (κ1) is 9.06. The largest absolute Gasteiger partial charge is 0.398 e. The fourth-order valence-electron chi connectivity index (χ4n) is 0.836. The van der Waals surface area contributed by atoms with Crippen molar-refractivity contribution >= 4 is 33.2 Å². The molecule has 64 valence electrons. The first-order chi connectivity index (χ1) is 5.61. The molecule has 1 aromatic carbocycles. The molecule has 0 heterocycles. The number of amides is 1. The van der Waals surface area contributed by atoms with E-state index < -0.39 is 0 Å². The zero-order valence-electron chi connectivity index (χ0n) is 6.60. The highest BCUT2D eigenvalue weighted by atomic mass is 79.9. The predicted molar refractivity (Wildman–Crippen MR) is 52.9 cm³/mol. The molecule has 4 heteroatoms. The van der Waals surface area contributed by atoms with E-state index >= 15 is 0 Å². The number of nitrogens with one attached hydrogen (secondary N) is 1. The zero-order valence-corrected chi connectivity index (χ0v) is 8.18. The molecule has 12 heavy (non-hydrogen) atoms. The third kappa shape index (κ3) is 1.98. The summed E-state index contributed by atoms with van der Waals surface area (Å²) >= 11 is 3.27. The number of nitrogen functional groups attached to an aromatic ring is 1. The van der Waals surface area contributed by atoms with E-state index in [1.807, 2.05) is 0 Å². The van der Waals surface area contributed by atoms with Gasteiger partial charge < -0.3 is 11.1 Å². The summed E-state index contributed by atoms with van der Waals surface area (Å²) in [5, 5.41) is 2.65. The minimum atomic E-state index is -0.110. The van der Waals surface area contributed by atoms with Gasteiger partial charge in [0.1, 0.15) is 0 Å². The van der Waals surface area contributed by atoms with Gasteiger partial charge in [0, 0.05) is 12.6 Å². The number of carbonyl (C=O) groups excluding carboxylic acids is 1. The van der Waals surface area contributed by atoms with Gasteiger partial charge in [0.05, 0.1) is 10.2 Å². The molecule has 0 aromatic heterocycles. The SMILES string of the molecule is CC(=O)Nc1cccc(N)c1Br. The Kier molecular flexibility index (Phi) is 2.70. The van der Waals surface area contributed by atoms with Crippen LogP contribution >= 0.6 is 15.9 Å². The molecule has 0 saturated heterocycles. The second-order valence-electron chi connectivity index (χ2n) is 2.39. The summed E-state index contributed by atoms with van der Waals surface area (Å²) < 4.78 is 0.722. The molecule has 0 aliphatic rings. The molecule has 1 aromatic rings. The molecule has 0 bridgehead atoms. The van der Waals surface area contributed by atoms with Crippen LogP contribution in [0.1, 0.15) is 6.92 Å². The summed E-state index contributed by atoms with van der Waals surface area (Å²) in [5.41, 5.74) is 6.91. The lowest BCUT2D eigenvalue weighted by atomic mass is 10.3. The van der Waals surface area contributed by atoms with Gasteiger partial charge in [-0.25, -0.2) is 0 Å². The average molecular weight is 229 g/mol. The summed E-state index contributed by atoms with van der Waals surface area (Å²) in [6.07, 6.45) is 0. The molecule has 0 unspecified atom stereocenters. The molecule has 0 atom stereocenters. The summed E-state index contributed by atoms with van der Waals surface area (Å²) in [6.45, 7) is 1.45. The Morgan fingerprint density at radius 3 is 2.83 bits per heavy atom. The van der Waals surface area contributed by atoms with Crippen LogP contribution < -0.4 is 11.1 Å². The van der Waals surface area contributed by atoms with E-state index in [4.69, 9.17) is 5.73 Å². The fraction of sp³-hybridized carbons (Fsp3) is 0.125. The van der Waals surface area contributed by atoms with Crippen LogP contribution in [0.25, 0.3) is 0 Å². The number of anilines is 2. The Labute approximate surface area is 79.1 Å². The third-order valence-corrected chi connectivity index (χ3v) is 2.22. The Morgan fingerprint density at radius 1 is 1.58 bits per heavy atom. The lowest BCUT2D eigenvalue weighted by molar-refractivity contribution is -0.114. The van der Waals surface area contributed by atoms with Crippen LogP contribution in [0.3, 0.4) is 0 Å². The topological polar surface area (TPSA) is 55.1 Å². The lowest BCUT2D eigenvalue weighted by Crippen LogP contribution is -2.06. The first-order valence-electron chi connectivity index (χ1n) is 3.43. The lowest BCUT2D eigenvalue weighted by Gasteiger charge is -2.06. The second kappa shape index (κ2) is 3.58. The molecule has 1 rings (SSSR count). The molecule has 0 fully saturated rings.